The van der Waals surface area contributed by atoms with Crippen LogP contribution < -0.4 is 10.1 Å². The maximum Gasteiger partial charge on any atom is 0.278 e. The normalized spacial score (nSPS) is 18.3. The zero-order chi connectivity index (χ0) is 17.9. The first kappa shape index (κ1) is 17.0. The third kappa shape index (κ3) is 3.72. The van der Waals surface area contributed by atoms with Gasteiger partial charge in [0.25, 0.3) is 5.91 Å². The number of aromatic nitrogens is 2. The Morgan fingerprint density at radius 1 is 1.27 bits per heavy atom. The molecule has 1 saturated heterocycles. The first-order valence-corrected chi connectivity index (χ1v) is 9.29. The van der Waals surface area contributed by atoms with Crippen molar-refractivity contribution in [1.82, 2.24) is 15.0 Å². The maximum absolute atomic E-state index is 12.5. The number of carbonyl (C=O) groups excluding carboxylic acids is 1. The molecule has 7 nitrogen and oxygen atoms in total. The zero-order valence-electron chi connectivity index (χ0n) is 15.0. The summed E-state index contributed by atoms with van der Waals surface area (Å²) in [6.07, 6.45) is 7.71. The van der Waals surface area contributed by atoms with Crippen LogP contribution in [-0.2, 0) is 12.8 Å². The number of likely N-dealkylation sites (tertiary alicyclic amines) is 1. The Labute approximate surface area is 152 Å². The smallest absolute Gasteiger partial charge is 0.278 e. The molecule has 7 heteroatoms. The molecule has 26 heavy (non-hydrogen) atoms. The summed E-state index contributed by atoms with van der Waals surface area (Å²) < 4.78 is 11.2. The molecule has 0 saturated carbocycles. The van der Waals surface area contributed by atoms with Gasteiger partial charge in [-0.3, -0.25) is 4.79 Å². The van der Waals surface area contributed by atoms with Crippen molar-refractivity contribution in [2.75, 3.05) is 25.5 Å². The van der Waals surface area contributed by atoms with Gasteiger partial charge in [-0.25, -0.2) is 4.98 Å². The Hall–Kier alpha value is -2.41. The van der Waals surface area contributed by atoms with Crippen LogP contribution >= 0.6 is 0 Å². The summed E-state index contributed by atoms with van der Waals surface area (Å²) in [5, 5.41) is 6.80. The number of fused-ring (bicyclic) bond motifs is 1. The standard InChI is InChI=1S/C19H24N4O3/c1-23-10-8-14(9-11-23)25-17-7-6-13(12-20-17)21-19(24)18-15-4-2-3-5-16(15)26-22-18/h6-7,12,14H,2-5,8-11H2,1H3,(H,21,24). The third-order valence-electron chi connectivity index (χ3n) is 5.11. The van der Waals surface area contributed by atoms with Gasteiger partial charge in [0.15, 0.2) is 5.69 Å². The fourth-order valence-corrected chi connectivity index (χ4v) is 3.55. The minimum Gasteiger partial charge on any atom is -0.474 e. The third-order valence-corrected chi connectivity index (χ3v) is 5.11. The number of hydrogen-bond donors (Lipinski definition) is 1. The maximum atomic E-state index is 12.5. The van der Waals surface area contributed by atoms with E-state index in [0.717, 1.165) is 62.9 Å². The Bertz CT molecular complexity index is 764. The fraction of sp³-hybridized carbons (Fsp3) is 0.526. The van der Waals surface area contributed by atoms with Gasteiger partial charge in [-0.15, -0.1) is 0 Å². The van der Waals surface area contributed by atoms with E-state index in [1.165, 1.54) is 0 Å². The second-order valence-electron chi connectivity index (χ2n) is 7.10. The number of hydrogen-bond acceptors (Lipinski definition) is 6. The van der Waals surface area contributed by atoms with E-state index >= 15 is 0 Å². The first-order chi connectivity index (χ1) is 12.7. The van der Waals surface area contributed by atoms with Gasteiger partial charge >= 0.3 is 0 Å². The highest BCUT2D eigenvalue weighted by Gasteiger charge is 2.24. The van der Waals surface area contributed by atoms with Crippen LogP contribution in [0.5, 0.6) is 5.88 Å². The number of ether oxygens (including phenoxy) is 1. The van der Waals surface area contributed by atoms with E-state index in [0.29, 0.717) is 17.3 Å². The summed E-state index contributed by atoms with van der Waals surface area (Å²) in [5.41, 5.74) is 1.97. The second-order valence-corrected chi connectivity index (χ2v) is 7.10. The van der Waals surface area contributed by atoms with E-state index in [9.17, 15) is 4.79 Å². The van der Waals surface area contributed by atoms with Gasteiger partial charge in [-0.2, -0.15) is 0 Å². The van der Waals surface area contributed by atoms with Crippen molar-refractivity contribution in [1.29, 1.82) is 0 Å². The molecule has 1 aliphatic carbocycles. The van der Waals surface area contributed by atoms with Crippen molar-refractivity contribution >= 4 is 11.6 Å². The van der Waals surface area contributed by atoms with Gasteiger partial charge in [0.05, 0.1) is 11.9 Å². The molecule has 0 aromatic carbocycles. The molecule has 0 spiro atoms. The largest absolute Gasteiger partial charge is 0.474 e. The molecule has 1 N–H and O–H groups in total. The summed E-state index contributed by atoms with van der Waals surface area (Å²) in [5.74, 6) is 1.19. The number of nitrogens with zero attached hydrogens (tertiary/aromatic N) is 3. The lowest BCUT2D eigenvalue weighted by Gasteiger charge is -2.28. The van der Waals surface area contributed by atoms with Crippen molar-refractivity contribution in [2.45, 2.75) is 44.6 Å². The van der Waals surface area contributed by atoms with Gasteiger partial charge in [0.2, 0.25) is 5.88 Å². The molecule has 4 rings (SSSR count). The lowest BCUT2D eigenvalue weighted by molar-refractivity contribution is 0.101. The summed E-state index contributed by atoms with van der Waals surface area (Å²) in [6, 6.07) is 3.61. The predicted molar refractivity (Wildman–Crippen MR) is 96.5 cm³/mol. The van der Waals surface area contributed by atoms with Crippen LogP contribution in [0.25, 0.3) is 0 Å². The molecule has 0 radical (unpaired) electrons. The highest BCUT2D eigenvalue weighted by atomic mass is 16.5. The Morgan fingerprint density at radius 2 is 2.08 bits per heavy atom. The first-order valence-electron chi connectivity index (χ1n) is 9.29. The second kappa shape index (κ2) is 7.45. The van der Waals surface area contributed by atoms with Crippen LogP contribution in [0.2, 0.25) is 0 Å². The van der Waals surface area contributed by atoms with E-state index in [4.69, 9.17) is 9.26 Å². The van der Waals surface area contributed by atoms with E-state index < -0.39 is 0 Å². The van der Waals surface area contributed by atoms with Crippen LogP contribution in [0, 0.1) is 0 Å². The van der Waals surface area contributed by atoms with Crippen LogP contribution in [0.1, 0.15) is 47.5 Å². The number of amides is 1. The topological polar surface area (TPSA) is 80.5 Å². The number of pyridine rings is 1. The highest BCUT2D eigenvalue weighted by molar-refractivity contribution is 6.03. The summed E-state index contributed by atoms with van der Waals surface area (Å²) in [6.45, 7) is 2.08. The molecule has 1 aliphatic heterocycles. The molecule has 2 aromatic heterocycles. The molecular formula is C19H24N4O3. The van der Waals surface area contributed by atoms with Gasteiger partial charge < -0.3 is 19.5 Å². The number of carbonyl (C=O) groups is 1. The average molecular weight is 356 g/mol. The molecule has 0 bridgehead atoms. The highest BCUT2D eigenvalue weighted by Crippen LogP contribution is 2.25. The molecule has 138 valence electrons. The van der Waals surface area contributed by atoms with Crippen LogP contribution in [0.3, 0.4) is 0 Å². The van der Waals surface area contributed by atoms with E-state index in [-0.39, 0.29) is 12.0 Å². The average Bonchev–Trinajstić information content (AvgIpc) is 3.09. The van der Waals surface area contributed by atoms with E-state index in [2.05, 4.69) is 27.4 Å². The lowest BCUT2D eigenvalue weighted by atomic mass is 9.96. The van der Waals surface area contributed by atoms with Crippen molar-refractivity contribution in [3.05, 3.63) is 35.3 Å². The minimum atomic E-state index is -0.248. The van der Waals surface area contributed by atoms with Crippen molar-refractivity contribution in [3.63, 3.8) is 0 Å². The van der Waals surface area contributed by atoms with Crippen LogP contribution in [0.4, 0.5) is 5.69 Å². The van der Waals surface area contributed by atoms with Gasteiger partial charge in [-0.05, 0) is 45.2 Å². The molecule has 3 heterocycles. The number of rotatable bonds is 4. The Balaban J connectivity index is 1.36. The molecular weight excluding hydrogens is 332 g/mol. The predicted octanol–water partition coefficient (Wildman–Crippen LogP) is 2.67. The Kier molecular flexibility index (Phi) is 4.88. The summed E-state index contributed by atoms with van der Waals surface area (Å²) in [7, 11) is 2.12. The molecule has 1 fully saturated rings. The lowest BCUT2D eigenvalue weighted by Crippen LogP contribution is -2.35. The summed E-state index contributed by atoms with van der Waals surface area (Å²) in [4.78, 5) is 19.1. The van der Waals surface area contributed by atoms with Crippen LogP contribution in [0.15, 0.2) is 22.9 Å². The molecule has 2 aromatic rings. The quantitative estimate of drug-likeness (QED) is 0.907. The molecule has 0 atom stereocenters. The van der Waals surface area contributed by atoms with Crippen molar-refractivity contribution in [2.24, 2.45) is 0 Å². The van der Waals surface area contributed by atoms with Gasteiger partial charge in [-0.1, -0.05) is 5.16 Å². The van der Waals surface area contributed by atoms with Gasteiger partial charge in [0, 0.05) is 31.1 Å². The van der Waals surface area contributed by atoms with Crippen LogP contribution in [-0.4, -0.2) is 47.2 Å². The zero-order valence-corrected chi connectivity index (χ0v) is 15.0. The number of nitrogens with one attached hydrogen (secondary N) is 1. The summed E-state index contributed by atoms with van der Waals surface area (Å²) >= 11 is 0. The van der Waals surface area contributed by atoms with E-state index in [1.807, 2.05) is 6.07 Å². The molecule has 0 unspecified atom stereocenters. The molecule has 1 amide bonds. The van der Waals surface area contributed by atoms with Crippen molar-refractivity contribution < 1.29 is 14.1 Å². The number of anilines is 1. The van der Waals surface area contributed by atoms with Gasteiger partial charge in [0.1, 0.15) is 11.9 Å². The fourth-order valence-electron chi connectivity index (χ4n) is 3.55. The monoisotopic (exact) mass is 356 g/mol. The van der Waals surface area contributed by atoms with E-state index in [1.54, 1.807) is 12.3 Å². The minimum absolute atomic E-state index is 0.209. The van der Waals surface area contributed by atoms with Crippen molar-refractivity contribution in [3.8, 4) is 5.88 Å². The SMILES string of the molecule is CN1CCC(Oc2ccc(NC(=O)c3noc4c3CCCC4)cn2)CC1. The Morgan fingerprint density at radius 3 is 2.85 bits per heavy atom. The number of aryl methyl sites for hydroxylation is 1. The molecule has 2 aliphatic rings. The number of piperidine rings is 1.